The molecule has 2 aromatic rings. The molecule has 1 heterocycles. The quantitative estimate of drug-likeness (QED) is 0.816. The van der Waals surface area contributed by atoms with Crippen molar-refractivity contribution in [2.75, 3.05) is 10.6 Å². The molecule has 0 unspecified atom stereocenters. The van der Waals surface area contributed by atoms with Gasteiger partial charge in [-0.2, -0.15) is 0 Å². The van der Waals surface area contributed by atoms with E-state index < -0.39 is 0 Å². The number of amides is 1. The molecule has 3 nitrogen and oxygen atoms in total. The van der Waals surface area contributed by atoms with Crippen LogP contribution < -0.4 is 10.6 Å². The molecule has 4 heteroatoms. The molecule has 0 saturated heterocycles. The maximum absolute atomic E-state index is 11.9. The van der Waals surface area contributed by atoms with Crippen LogP contribution in [0.2, 0.25) is 5.02 Å². The summed E-state index contributed by atoms with van der Waals surface area (Å²) < 4.78 is 0. The predicted molar refractivity (Wildman–Crippen MR) is 78.1 cm³/mol. The first kappa shape index (κ1) is 11.8. The fraction of sp³-hybridized carbons (Fsp3) is 0. The molecule has 0 spiro atoms. The Bertz CT molecular complexity index is 665. The summed E-state index contributed by atoms with van der Waals surface area (Å²) in [5, 5.41) is 6.53. The molecule has 0 atom stereocenters. The highest BCUT2D eigenvalue weighted by Crippen LogP contribution is 2.33. The second-order valence-electron chi connectivity index (χ2n) is 4.21. The Labute approximate surface area is 115 Å². The van der Waals surface area contributed by atoms with Gasteiger partial charge in [0.15, 0.2) is 0 Å². The van der Waals surface area contributed by atoms with E-state index in [1.807, 2.05) is 30.3 Å². The van der Waals surface area contributed by atoms with Crippen molar-refractivity contribution in [3.8, 4) is 0 Å². The van der Waals surface area contributed by atoms with Crippen molar-refractivity contribution in [3.63, 3.8) is 0 Å². The molecule has 1 aliphatic heterocycles. The lowest BCUT2D eigenvalue weighted by Crippen LogP contribution is -2.05. The molecule has 0 aromatic heterocycles. The summed E-state index contributed by atoms with van der Waals surface area (Å²) in [4.78, 5) is 11.9. The minimum Gasteiger partial charge on any atom is -0.361 e. The van der Waals surface area contributed by atoms with Crippen molar-refractivity contribution in [2.45, 2.75) is 0 Å². The molecule has 0 radical (unpaired) electrons. The Balaban J connectivity index is 1.93. The fourth-order valence-electron chi connectivity index (χ4n) is 1.99. The van der Waals surface area contributed by atoms with Gasteiger partial charge in [0.1, 0.15) is 0 Å². The third kappa shape index (κ3) is 2.33. The van der Waals surface area contributed by atoms with Crippen LogP contribution in [0, 0.1) is 0 Å². The molecule has 0 bridgehead atoms. The smallest absolute Gasteiger partial charge is 0.257 e. The van der Waals surface area contributed by atoms with E-state index in [9.17, 15) is 4.79 Å². The molecule has 2 aromatic carbocycles. The summed E-state index contributed by atoms with van der Waals surface area (Å²) in [5.74, 6) is -0.124. The first-order valence-corrected chi connectivity index (χ1v) is 6.25. The Morgan fingerprint density at radius 3 is 2.68 bits per heavy atom. The first-order chi connectivity index (χ1) is 9.24. The predicted octanol–water partition coefficient (Wildman–Crippen LogP) is 3.75. The molecule has 0 aliphatic carbocycles. The van der Waals surface area contributed by atoms with Gasteiger partial charge in [0.25, 0.3) is 5.91 Å². The van der Waals surface area contributed by atoms with Crippen molar-refractivity contribution in [1.82, 2.24) is 0 Å². The Morgan fingerprint density at radius 1 is 1.11 bits per heavy atom. The van der Waals surface area contributed by atoms with Crippen LogP contribution in [0.1, 0.15) is 5.56 Å². The van der Waals surface area contributed by atoms with Gasteiger partial charge >= 0.3 is 0 Å². The van der Waals surface area contributed by atoms with Crippen LogP contribution in [0.5, 0.6) is 0 Å². The number of rotatable bonds is 2. The second kappa shape index (κ2) is 4.78. The molecular formula is C15H11ClN2O. The standard InChI is InChI=1S/C15H11ClN2O/c16-10-6-7-14-12(8-10)13(15(19)18-14)9-17-11-4-2-1-3-5-11/h1-9,17H,(H,18,19)/b13-9+. The van der Waals surface area contributed by atoms with Crippen LogP contribution in [-0.4, -0.2) is 5.91 Å². The van der Waals surface area contributed by atoms with Gasteiger partial charge in [0.05, 0.1) is 5.57 Å². The largest absolute Gasteiger partial charge is 0.361 e. The number of hydrogen-bond donors (Lipinski definition) is 2. The molecule has 94 valence electrons. The van der Waals surface area contributed by atoms with Crippen molar-refractivity contribution in [3.05, 3.63) is 65.3 Å². The molecular weight excluding hydrogens is 260 g/mol. The van der Waals surface area contributed by atoms with Gasteiger partial charge in [-0.05, 0) is 30.3 Å². The topological polar surface area (TPSA) is 41.1 Å². The minimum atomic E-state index is -0.124. The third-order valence-corrected chi connectivity index (χ3v) is 3.16. The summed E-state index contributed by atoms with van der Waals surface area (Å²) in [6, 6.07) is 15.0. The van der Waals surface area contributed by atoms with Gasteiger partial charge in [0.2, 0.25) is 0 Å². The van der Waals surface area contributed by atoms with Crippen LogP contribution in [0.25, 0.3) is 5.57 Å². The zero-order valence-corrected chi connectivity index (χ0v) is 10.7. The van der Waals surface area contributed by atoms with Crippen LogP contribution in [0.4, 0.5) is 11.4 Å². The number of anilines is 2. The molecule has 1 amide bonds. The highest BCUT2D eigenvalue weighted by molar-refractivity contribution is 6.34. The van der Waals surface area contributed by atoms with Crippen molar-refractivity contribution in [1.29, 1.82) is 0 Å². The van der Waals surface area contributed by atoms with E-state index in [1.54, 1.807) is 24.4 Å². The van der Waals surface area contributed by atoms with E-state index in [-0.39, 0.29) is 5.91 Å². The van der Waals surface area contributed by atoms with E-state index in [1.165, 1.54) is 0 Å². The number of carbonyl (C=O) groups excluding carboxylic acids is 1. The number of carbonyl (C=O) groups is 1. The summed E-state index contributed by atoms with van der Waals surface area (Å²) in [7, 11) is 0. The molecule has 0 fully saturated rings. The van der Waals surface area contributed by atoms with Crippen LogP contribution >= 0.6 is 11.6 Å². The number of hydrogen-bond acceptors (Lipinski definition) is 2. The number of nitrogens with one attached hydrogen (secondary N) is 2. The number of halogens is 1. The van der Waals surface area contributed by atoms with Gasteiger partial charge in [-0.25, -0.2) is 0 Å². The van der Waals surface area contributed by atoms with E-state index >= 15 is 0 Å². The lowest BCUT2D eigenvalue weighted by atomic mass is 10.1. The van der Waals surface area contributed by atoms with E-state index in [2.05, 4.69) is 10.6 Å². The van der Waals surface area contributed by atoms with Crippen molar-refractivity contribution >= 4 is 34.5 Å². The summed E-state index contributed by atoms with van der Waals surface area (Å²) in [5.41, 5.74) is 3.12. The SMILES string of the molecule is O=C1Nc2ccc(Cl)cc2/C1=C\Nc1ccccc1. The average molecular weight is 271 g/mol. The Hall–Kier alpha value is -2.26. The number of benzene rings is 2. The minimum absolute atomic E-state index is 0.124. The van der Waals surface area contributed by atoms with Crippen molar-refractivity contribution in [2.24, 2.45) is 0 Å². The van der Waals surface area contributed by atoms with Gasteiger partial charge in [0, 0.05) is 28.2 Å². The van der Waals surface area contributed by atoms with Gasteiger partial charge in [-0.3, -0.25) is 4.79 Å². The van der Waals surface area contributed by atoms with Gasteiger partial charge in [-0.1, -0.05) is 29.8 Å². The number of fused-ring (bicyclic) bond motifs is 1. The maximum atomic E-state index is 11.9. The van der Waals surface area contributed by atoms with Gasteiger partial charge < -0.3 is 10.6 Å². The normalized spacial score (nSPS) is 15.2. The molecule has 2 N–H and O–H groups in total. The van der Waals surface area contributed by atoms with E-state index in [0.29, 0.717) is 10.6 Å². The summed E-state index contributed by atoms with van der Waals surface area (Å²) >= 11 is 5.97. The number of para-hydroxylation sites is 1. The van der Waals surface area contributed by atoms with Crippen LogP contribution in [0.3, 0.4) is 0 Å². The summed E-state index contributed by atoms with van der Waals surface area (Å²) in [6.45, 7) is 0. The lowest BCUT2D eigenvalue weighted by molar-refractivity contribution is -0.110. The zero-order chi connectivity index (χ0) is 13.2. The highest BCUT2D eigenvalue weighted by Gasteiger charge is 2.23. The molecule has 19 heavy (non-hydrogen) atoms. The van der Waals surface area contributed by atoms with Crippen LogP contribution in [0.15, 0.2) is 54.7 Å². The molecule has 1 aliphatic rings. The lowest BCUT2D eigenvalue weighted by Gasteiger charge is -2.02. The maximum Gasteiger partial charge on any atom is 0.257 e. The summed E-state index contributed by atoms with van der Waals surface area (Å²) in [6.07, 6.45) is 1.70. The third-order valence-electron chi connectivity index (χ3n) is 2.92. The monoisotopic (exact) mass is 270 g/mol. The Kier molecular flexibility index (Phi) is 2.97. The molecule has 3 rings (SSSR count). The molecule has 0 saturated carbocycles. The average Bonchev–Trinajstić information content (AvgIpc) is 2.73. The van der Waals surface area contributed by atoms with Crippen molar-refractivity contribution < 1.29 is 4.79 Å². The zero-order valence-electron chi connectivity index (χ0n) is 9.98. The fourth-order valence-corrected chi connectivity index (χ4v) is 2.17. The van der Waals surface area contributed by atoms with E-state index in [0.717, 1.165) is 16.9 Å². The van der Waals surface area contributed by atoms with Crippen LogP contribution in [-0.2, 0) is 4.79 Å². The Morgan fingerprint density at radius 2 is 1.89 bits per heavy atom. The second-order valence-corrected chi connectivity index (χ2v) is 4.65. The highest BCUT2D eigenvalue weighted by atomic mass is 35.5. The van der Waals surface area contributed by atoms with Gasteiger partial charge in [-0.15, -0.1) is 0 Å². The van der Waals surface area contributed by atoms with E-state index in [4.69, 9.17) is 11.6 Å². The first-order valence-electron chi connectivity index (χ1n) is 5.87.